The quantitative estimate of drug-likeness (QED) is 0.461. The molecular formula is C18H16Cl2N6O2. The first-order chi connectivity index (χ1) is 13.4. The van der Waals surface area contributed by atoms with E-state index >= 15 is 0 Å². The normalized spacial score (nSPS) is 11.4. The third kappa shape index (κ3) is 3.53. The van der Waals surface area contributed by atoms with Crippen molar-refractivity contribution in [3.63, 3.8) is 0 Å². The lowest BCUT2D eigenvalue weighted by Gasteiger charge is -2.10. The van der Waals surface area contributed by atoms with Crippen molar-refractivity contribution in [3.05, 3.63) is 57.5 Å². The molecule has 0 aliphatic heterocycles. The molecular weight excluding hydrogens is 403 g/mol. The molecule has 0 saturated carbocycles. The van der Waals surface area contributed by atoms with Crippen LogP contribution < -0.4 is 0 Å². The number of pyridine rings is 1. The topological polar surface area (TPSA) is 86.7 Å². The molecule has 8 nitrogen and oxygen atoms in total. The van der Waals surface area contributed by atoms with Crippen molar-refractivity contribution in [2.24, 2.45) is 0 Å². The second-order valence-electron chi connectivity index (χ2n) is 6.36. The zero-order chi connectivity index (χ0) is 19.8. The molecule has 0 atom stereocenters. The van der Waals surface area contributed by atoms with Gasteiger partial charge in [0.25, 0.3) is 5.78 Å². The predicted molar refractivity (Wildman–Crippen MR) is 104 cm³/mol. The van der Waals surface area contributed by atoms with Crippen LogP contribution in [0.15, 0.2) is 24.8 Å². The molecule has 0 unspecified atom stereocenters. The Hall–Kier alpha value is -2.71. The summed E-state index contributed by atoms with van der Waals surface area (Å²) in [5.74, 6) is 0.227. The minimum Gasteiger partial charge on any atom is -0.459 e. The largest absolute Gasteiger partial charge is 0.459 e. The van der Waals surface area contributed by atoms with Crippen LogP contribution in [0.1, 0.15) is 29.1 Å². The fourth-order valence-electron chi connectivity index (χ4n) is 3.12. The second-order valence-corrected chi connectivity index (χ2v) is 7.21. The maximum Gasteiger partial charge on any atom is 0.306 e. The summed E-state index contributed by atoms with van der Waals surface area (Å²) in [5, 5.41) is 5.09. The van der Waals surface area contributed by atoms with Gasteiger partial charge in [-0.25, -0.2) is 14.5 Å². The summed E-state index contributed by atoms with van der Waals surface area (Å²) in [6.07, 6.45) is 5.62. The summed E-state index contributed by atoms with van der Waals surface area (Å²) in [5.41, 5.74) is 3.87. The van der Waals surface area contributed by atoms with Crippen LogP contribution in [0, 0.1) is 13.8 Å². The van der Waals surface area contributed by atoms with Crippen LogP contribution in [0.25, 0.3) is 11.4 Å². The lowest BCUT2D eigenvalue weighted by molar-refractivity contribution is -0.145. The minimum atomic E-state index is -0.321. The summed E-state index contributed by atoms with van der Waals surface area (Å²) in [6.45, 7) is 3.89. The van der Waals surface area contributed by atoms with Gasteiger partial charge in [-0.2, -0.15) is 10.1 Å². The van der Waals surface area contributed by atoms with Crippen LogP contribution in [0.3, 0.4) is 0 Å². The molecule has 10 heteroatoms. The molecule has 0 aromatic carbocycles. The standard InChI is InChI=1S/C18H16Cl2N6O2/c1-10-14(11(2)26-18(23-10)21-9-22-26)3-4-16(27)28-8-13-7-25-6-12(19)5-15(20)17(25)24-13/h5-7,9H,3-4,8H2,1-2H3. The molecule has 0 spiro atoms. The number of nitrogens with zero attached hydrogens (tertiary/aromatic N) is 6. The van der Waals surface area contributed by atoms with Gasteiger partial charge >= 0.3 is 5.97 Å². The summed E-state index contributed by atoms with van der Waals surface area (Å²) in [7, 11) is 0. The molecule has 0 radical (unpaired) electrons. The molecule has 4 aromatic rings. The van der Waals surface area contributed by atoms with E-state index in [0.29, 0.717) is 33.6 Å². The SMILES string of the molecule is Cc1nc2ncnn2c(C)c1CCC(=O)OCc1cn2cc(Cl)cc(Cl)c2n1. The molecule has 4 heterocycles. The molecule has 0 fully saturated rings. The lowest BCUT2D eigenvalue weighted by atomic mass is 10.1. The lowest BCUT2D eigenvalue weighted by Crippen LogP contribution is -2.10. The van der Waals surface area contributed by atoms with Crippen molar-refractivity contribution in [3.8, 4) is 0 Å². The van der Waals surface area contributed by atoms with Crippen LogP contribution in [-0.2, 0) is 22.6 Å². The highest BCUT2D eigenvalue weighted by atomic mass is 35.5. The first kappa shape index (κ1) is 18.6. The van der Waals surface area contributed by atoms with E-state index in [1.54, 1.807) is 27.4 Å². The smallest absolute Gasteiger partial charge is 0.306 e. The van der Waals surface area contributed by atoms with E-state index in [1.165, 1.54) is 6.33 Å². The number of esters is 1. The molecule has 4 aromatic heterocycles. The van der Waals surface area contributed by atoms with Crippen LogP contribution >= 0.6 is 23.2 Å². The Balaban J connectivity index is 1.41. The zero-order valence-corrected chi connectivity index (χ0v) is 16.7. The molecule has 0 aliphatic carbocycles. The van der Waals surface area contributed by atoms with E-state index in [-0.39, 0.29) is 19.0 Å². The Labute approximate surface area is 170 Å². The second kappa shape index (κ2) is 7.37. The molecule has 0 aliphatic rings. The Morgan fingerprint density at radius 3 is 2.86 bits per heavy atom. The molecule has 28 heavy (non-hydrogen) atoms. The maximum absolute atomic E-state index is 12.2. The number of aryl methyl sites for hydroxylation is 2. The van der Waals surface area contributed by atoms with Gasteiger partial charge in [0.15, 0.2) is 5.65 Å². The minimum absolute atomic E-state index is 0.0623. The first-order valence-electron chi connectivity index (χ1n) is 8.56. The van der Waals surface area contributed by atoms with Crippen molar-refractivity contribution in [2.75, 3.05) is 0 Å². The van der Waals surface area contributed by atoms with Gasteiger partial charge in [-0.3, -0.25) is 4.79 Å². The van der Waals surface area contributed by atoms with Gasteiger partial charge in [-0.05, 0) is 31.9 Å². The number of rotatable bonds is 5. The highest BCUT2D eigenvalue weighted by Crippen LogP contribution is 2.22. The molecule has 0 bridgehead atoms. The summed E-state index contributed by atoms with van der Waals surface area (Å²) in [6, 6.07) is 1.62. The number of hydrogen-bond donors (Lipinski definition) is 0. The van der Waals surface area contributed by atoms with Gasteiger partial charge in [0, 0.05) is 30.2 Å². The number of fused-ring (bicyclic) bond motifs is 2. The number of hydrogen-bond acceptors (Lipinski definition) is 6. The van der Waals surface area contributed by atoms with Crippen LogP contribution in [0.4, 0.5) is 0 Å². The summed E-state index contributed by atoms with van der Waals surface area (Å²) in [4.78, 5) is 25.1. The number of imidazole rings is 1. The number of carbonyl (C=O) groups is 1. The molecule has 0 amide bonds. The highest BCUT2D eigenvalue weighted by Gasteiger charge is 2.14. The highest BCUT2D eigenvalue weighted by molar-refractivity contribution is 6.36. The Morgan fingerprint density at radius 1 is 1.21 bits per heavy atom. The molecule has 0 N–H and O–H groups in total. The average molecular weight is 419 g/mol. The average Bonchev–Trinajstić information content (AvgIpc) is 3.26. The van der Waals surface area contributed by atoms with E-state index in [1.807, 2.05) is 13.8 Å². The van der Waals surface area contributed by atoms with E-state index in [4.69, 9.17) is 27.9 Å². The third-order valence-electron chi connectivity index (χ3n) is 4.47. The fraction of sp³-hybridized carbons (Fsp3) is 0.278. The van der Waals surface area contributed by atoms with Gasteiger partial charge in [0.2, 0.25) is 0 Å². The summed E-state index contributed by atoms with van der Waals surface area (Å²) >= 11 is 12.1. The van der Waals surface area contributed by atoms with Crippen LogP contribution in [0.5, 0.6) is 0 Å². The van der Waals surface area contributed by atoms with Crippen molar-refractivity contribution in [2.45, 2.75) is 33.3 Å². The van der Waals surface area contributed by atoms with Crippen LogP contribution in [-0.4, -0.2) is 34.9 Å². The summed E-state index contributed by atoms with van der Waals surface area (Å²) < 4.78 is 8.73. The van der Waals surface area contributed by atoms with Crippen LogP contribution in [0.2, 0.25) is 10.0 Å². The first-order valence-corrected chi connectivity index (χ1v) is 9.32. The van der Waals surface area contributed by atoms with Crippen molar-refractivity contribution in [1.82, 2.24) is 29.0 Å². The molecule has 4 rings (SSSR count). The van der Waals surface area contributed by atoms with E-state index in [0.717, 1.165) is 17.0 Å². The van der Waals surface area contributed by atoms with E-state index in [9.17, 15) is 4.79 Å². The maximum atomic E-state index is 12.2. The number of ether oxygens (including phenoxy) is 1. The molecule has 144 valence electrons. The van der Waals surface area contributed by atoms with E-state index in [2.05, 4.69) is 20.1 Å². The van der Waals surface area contributed by atoms with Gasteiger partial charge < -0.3 is 9.14 Å². The Morgan fingerprint density at radius 2 is 2.04 bits per heavy atom. The predicted octanol–water partition coefficient (Wildman–Crippen LogP) is 3.37. The van der Waals surface area contributed by atoms with Gasteiger partial charge in [0.1, 0.15) is 12.9 Å². The monoisotopic (exact) mass is 418 g/mol. The van der Waals surface area contributed by atoms with E-state index < -0.39 is 0 Å². The van der Waals surface area contributed by atoms with Crippen molar-refractivity contribution < 1.29 is 9.53 Å². The van der Waals surface area contributed by atoms with Gasteiger partial charge in [0.05, 0.1) is 15.7 Å². The zero-order valence-electron chi connectivity index (χ0n) is 15.2. The number of aromatic nitrogens is 6. The molecule has 0 saturated heterocycles. The van der Waals surface area contributed by atoms with Crippen molar-refractivity contribution in [1.29, 1.82) is 0 Å². The number of halogens is 2. The Bertz CT molecular complexity index is 1200. The Kier molecular flexibility index (Phi) is 4.91. The van der Waals surface area contributed by atoms with Crippen molar-refractivity contribution >= 4 is 40.6 Å². The third-order valence-corrected chi connectivity index (χ3v) is 4.96. The van der Waals surface area contributed by atoms with Gasteiger partial charge in [-0.15, -0.1) is 0 Å². The fourth-order valence-corrected chi connectivity index (χ4v) is 3.64. The number of carbonyl (C=O) groups excluding carboxylic acids is 1. The van der Waals surface area contributed by atoms with Gasteiger partial charge in [-0.1, -0.05) is 23.2 Å².